The number of rotatable bonds is 10. The number of aromatic nitrogens is 2. The number of amides is 1. The Labute approximate surface area is 199 Å². The van der Waals surface area contributed by atoms with Crippen LogP contribution >= 0.6 is 8.15 Å². The molecular weight excluding hydrogens is 455 g/mol. The molecule has 2 atom stereocenters. The van der Waals surface area contributed by atoms with Gasteiger partial charge in [0.2, 0.25) is 0 Å². The van der Waals surface area contributed by atoms with E-state index in [0.717, 1.165) is 18.1 Å². The molecule has 1 heterocycles. The van der Waals surface area contributed by atoms with Gasteiger partial charge in [-0.3, -0.25) is 4.79 Å². The highest BCUT2D eigenvalue weighted by atomic mass is 32.2. The molecule has 3 N–H and O–H groups in total. The number of nitrogen functional groups attached to an aromatic ring is 1. The van der Waals surface area contributed by atoms with Gasteiger partial charge in [0, 0.05) is 17.9 Å². The van der Waals surface area contributed by atoms with E-state index in [9.17, 15) is 9.35 Å². The summed E-state index contributed by atoms with van der Waals surface area (Å²) in [4.78, 5) is 22.1. The van der Waals surface area contributed by atoms with Crippen molar-refractivity contribution in [3.63, 3.8) is 0 Å². The molecule has 7 nitrogen and oxygen atoms in total. The van der Waals surface area contributed by atoms with Crippen molar-refractivity contribution >= 4 is 36.7 Å². The van der Waals surface area contributed by atoms with Gasteiger partial charge in [-0.1, -0.05) is 38.1 Å². The summed E-state index contributed by atoms with van der Waals surface area (Å²) in [5, 5.41) is 2.79. The third kappa shape index (κ3) is 6.74. The van der Waals surface area contributed by atoms with Gasteiger partial charge in [-0.25, -0.2) is 9.97 Å². The summed E-state index contributed by atoms with van der Waals surface area (Å²) in [6, 6.07) is 14.9. The van der Waals surface area contributed by atoms with E-state index in [-0.39, 0.29) is 11.5 Å². The number of carbonyl (C=O) groups excluding carboxylic acids is 1. The fraction of sp³-hybridized carbons (Fsp3) is 0.292. The van der Waals surface area contributed by atoms with Crippen molar-refractivity contribution in [1.29, 1.82) is 0 Å². The Bertz CT molecular complexity index is 1060. The van der Waals surface area contributed by atoms with Crippen molar-refractivity contribution in [2.75, 3.05) is 29.3 Å². The zero-order valence-corrected chi connectivity index (χ0v) is 20.8. The minimum Gasteiger partial charge on any atom is -0.611 e. The van der Waals surface area contributed by atoms with Crippen LogP contribution in [0.25, 0.3) is 11.3 Å². The Morgan fingerprint density at radius 1 is 1.12 bits per heavy atom. The van der Waals surface area contributed by atoms with Crippen LogP contribution in [0, 0.1) is 0 Å². The summed E-state index contributed by atoms with van der Waals surface area (Å²) >= 11 is -1.15. The lowest BCUT2D eigenvalue weighted by Crippen LogP contribution is -2.17. The molecular formula is C24H29N4O3PS. The van der Waals surface area contributed by atoms with E-state index in [2.05, 4.69) is 22.2 Å². The summed E-state index contributed by atoms with van der Waals surface area (Å²) in [7, 11) is -0.702. The molecule has 1 amide bonds. The lowest BCUT2D eigenvalue weighted by Gasteiger charge is -2.17. The second kappa shape index (κ2) is 12.1. The van der Waals surface area contributed by atoms with Crippen molar-refractivity contribution in [2.24, 2.45) is 0 Å². The minimum atomic E-state index is -1.15. The molecule has 0 saturated carbocycles. The van der Waals surface area contributed by atoms with Gasteiger partial charge in [-0.05, 0) is 60.5 Å². The molecule has 33 heavy (non-hydrogen) atoms. The number of anilines is 2. The number of hydrogen-bond donors (Lipinski definition) is 2. The number of nitrogens with two attached hydrogens (primary N) is 1. The number of carbonyl (C=O) groups is 1. The van der Waals surface area contributed by atoms with Crippen LogP contribution in [-0.4, -0.2) is 38.7 Å². The molecule has 3 aromatic rings. The van der Waals surface area contributed by atoms with Crippen LogP contribution in [0.4, 0.5) is 11.5 Å². The number of benzene rings is 2. The molecule has 0 aliphatic rings. The first kappa shape index (κ1) is 25.1. The van der Waals surface area contributed by atoms with Gasteiger partial charge >= 0.3 is 0 Å². The SMILES string of the molecule is CCO[P@@](CC)C[S+]([O-])c1ccc(NC(=O)c2nc(-c3ccc(CC)cc3)cnc2N)cc1. The monoisotopic (exact) mass is 484 g/mol. The Balaban J connectivity index is 1.70. The predicted octanol–water partition coefficient (Wildman–Crippen LogP) is 5.06. The second-order valence-corrected chi connectivity index (χ2v) is 11.3. The fourth-order valence-electron chi connectivity index (χ4n) is 3.10. The summed E-state index contributed by atoms with van der Waals surface area (Å²) in [5.74, 6) is -0.394. The normalized spacial score (nSPS) is 12.8. The molecule has 1 aromatic heterocycles. The quantitative estimate of drug-likeness (QED) is 0.307. The van der Waals surface area contributed by atoms with Gasteiger partial charge in [0.1, 0.15) is 0 Å². The maximum Gasteiger partial charge on any atom is 0.278 e. The number of nitrogens with one attached hydrogen (secondary N) is 1. The maximum atomic E-state index is 12.8. The average Bonchev–Trinajstić information content (AvgIpc) is 2.84. The molecule has 2 aromatic carbocycles. The van der Waals surface area contributed by atoms with E-state index in [4.69, 9.17) is 10.3 Å². The van der Waals surface area contributed by atoms with Crippen LogP contribution in [0.2, 0.25) is 0 Å². The molecule has 9 heteroatoms. The number of nitrogens with zero attached hydrogens (tertiary/aromatic N) is 2. The van der Waals surface area contributed by atoms with E-state index in [1.54, 1.807) is 30.5 Å². The molecule has 174 valence electrons. The van der Waals surface area contributed by atoms with E-state index in [1.165, 1.54) is 5.56 Å². The summed E-state index contributed by atoms with van der Waals surface area (Å²) < 4.78 is 18.3. The van der Waals surface area contributed by atoms with Gasteiger partial charge < -0.3 is 20.1 Å². The Hall–Kier alpha value is -2.51. The third-order valence-electron chi connectivity index (χ3n) is 4.97. The molecule has 1 unspecified atom stereocenters. The molecule has 0 aliphatic carbocycles. The lowest BCUT2D eigenvalue weighted by atomic mass is 10.1. The first-order valence-corrected chi connectivity index (χ1v) is 13.8. The van der Waals surface area contributed by atoms with Gasteiger partial charge in [-0.15, -0.1) is 0 Å². The molecule has 0 spiro atoms. The third-order valence-corrected chi connectivity index (χ3v) is 9.19. The topological polar surface area (TPSA) is 113 Å². The maximum absolute atomic E-state index is 12.8. The van der Waals surface area contributed by atoms with Crippen LogP contribution < -0.4 is 11.1 Å². The first-order valence-electron chi connectivity index (χ1n) is 10.8. The first-order chi connectivity index (χ1) is 15.9. The Morgan fingerprint density at radius 3 is 2.42 bits per heavy atom. The molecule has 0 radical (unpaired) electrons. The molecule has 0 fully saturated rings. The fourth-order valence-corrected chi connectivity index (χ4v) is 6.76. The van der Waals surface area contributed by atoms with E-state index >= 15 is 0 Å². The van der Waals surface area contributed by atoms with Crippen LogP contribution in [0.5, 0.6) is 0 Å². The Morgan fingerprint density at radius 2 is 1.82 bits per heavy atom. The van der Waals surface area contributed by atoms with Crippen molar-refractivity contribution in [3.8, 4) is 11.3 Å². The van der Waals surface area contributed by atoms with E-state index in [1.807, 2.05) is 38.1 Å². The van der Waals surface area contributed by atoms with Crippen molar-refractivity contribution in [2.45, 2.75) is 32.1 Å². The largest absolute Gasteiger partial charge is 0.611 e. The highest BCUT2D eigenvalue weighted by Gasteiger charge is 2.19. The minimum absolute atomic E-state index is 0.0583. The highest BCUT2D eigenvalue weighted by molar-refractivity contribution is 7.97. The lowest BCUT2D eigenvalue weighted by molar-refractivity contribution is 0.102. The van der Waals surface area contributed by atoms with Crippen LogP contribution in [0.1, 0.15) is 36.8 Å². The second-order valence-electron chi connectivity index (χ2n) is 7.21. The summed E-state index contributed by atoms with van der Waals surface area (Å²) in [6.07, 6.45) is 3.37. The van der Waals surface area contributed by atoms with Gasteiger partial charge in [0.15, 0.2) is 21.9 Å². The van der Waals surface area contributed by atoms with Crippen molar-refractivity contribution in [1.82, 2.24) is 9.97 Å². The van der Waals surface area contributed by atoms with Gasteiger partial charge in [0.05, 0.1) is 20.0 Å². The molecule has 3 rings (SSSR count). The molecule has 0 aliphatic heterocycles. The predicted molar refractivity (Wildman–Crippen MR) is 136 cm³/mol. The average molecular weight is 485 g/mol. The van der Waals surface area contributed by atoms with Crippen molar-refractivity contribution < 1.29 is 13.9 Å². The smallest absolute Gasteiger partial charge is 0.278 e. The molecule has 0 bridgehead atoms. The van der Waals surface area contributed by atoms with Crippen LogP contribution in [0.3, 0.4) is 0 Å². The molecule has 0 saturated heterocycles. The number of aryl methyl sites for hydroxylation is 1. The summed E-state index contributed by atoms with van der Waals surface area (Å²) in [6.45, 7) is 6.70. The van der Waals surface area contributed by atoms with Crippen LogP contribution in [-0.2, 0) is 22.1 Å². The van der Waals surface area contributed by atoms with E-state index < -0.39 is 25.2 Å². The summed E-state index contributed by atoms with van der Waals surface area (Å²) in [5.41, 5.74) is 9.70. The highest BCUT2D eigenvalue weighted by Crippen LogP contribution is 2.39. The number of hydrogen-bond acceptors (Lipinski definition) is 6. The van der Waals surface area contributed by atoms with Crippen LogP contribution in [0.15, 0.2) is 59.6 Å². The van der Waals surface area contributed by atoms with Gasteiger partial charge in [0.25, 0.3) is 5.91 Å². The standard InChI is InChI=1S/C24H29N4O3PS/c1-4-17-7-9-18(10-8-17)21-15-26-23(25)22(28-21)24(29)27-19-11-13-20(14-12-19)33(30)16-32(6-3)31-5-2/h7-15H,4-6,16H2,1-3H3,(H2,25,26)(H,27,29)/t32-,33?/m0/s1. The Kier molecular flexibility index (Phi) is 9.21. The van der Waals surface area contributed by atoms with E-state index in [0.29, 0.717) is 28.4 Å². The zero-order valence-electron chi connectivity index (χ0n) is 19.1. The van der Waals surface area contributed by atoms with Gasteiger partial charge in [-0.2, -0.15) is 0 Å². The zero-order chi connectivity index (χ0) is 23.8. The van der Waals surface area contributed by atoms with Crippen molar-refractivity contribution in [3.05, 3.63) is 66.0 Å².